The van der Waals surface area contributed by atoms with E-state index in [0.29, 0.717) is 10.8 Å². The zero-order valence-corrected chi connectivity index (χ0v) is 9.65. The molecule has 0 N–H and O–H groups in total. The molecule has 1 aromatic heterocycles. The summed E-state index contributed by atoms with van der Waals surface area (Å²) >= 11 is 0. The molecule has 0 spiro atoms. The number of carbonyl (C=O) groups excluding carboxylic acids is 1. The number of hydrogen-bond donors (Lipinski definition) is 0. The van der Waals surface area contributed by atoms with Gasteiger partial charge in [-0.15, -0.1) is 0 Å². The maximum Gasteiger partial charge on any atom is 0.374 e. The fourth-order valence-corrected chi connectivity index (χ4v) is 1.65. The predicted octanol–water partition coefficient (Wildman–Crippen LogP) is 2.14. The van der Waals surface area contributed by atoms with Crippen molar-refractivity contribution in [3.63, 3.8) is 0 Å². The van der Waals surface area contributed by atoms with Crippen molar-refractivity contribution in [1.82, 2.24) is 0 Å². The first-order chi connectivity index (χ1) is 8.15. The molecule has 0 radical (unpaired) electrons. The van der Waals surface area contributed by atoms with Gasteiger partial charge in [-0.25, -0.2) is 9.59 Å². The Labute approximate surface area is 97.8 Å². The Morgan fingerprint density at radius 3 is 2.76 bits per heavy atom. The minimum Gasteiger partial charge on any atom is -0.463 e. The lowest BCUT2D eigenvalue weighted by Gasteiger charge is -2.02. The van der Waals surface area contributed by atoms with E-state index in [-0.39, 0.29) is 5.76 Å². The van der Waals surface area contributed by atoms with E-state index in [1.807, 2.05) is 13.0 Å². The molecule has 0 fully saturated rings. The van der Waals surface area contributed by atoms with Gasteiger partial charge in [-0.2, -0.15) is 0 Å². The second kappa shape index (κ2) is 4.41. The van der Waals surface area contributed by atoms with Crippen molar-refractivity contribution < 1.29 is 13.9 Å². The van der Waals surface area contributed by atoms with E-state index in [4.69, 9.17) is 4.42 Å². The molecule has 1 heterocycles. The lowest BCUT2D eigenvalue weighted by atomic mass is 10.1. The van der Waals surface area contributed by atoms with E-state index < -0.39 is 11.6 Å². The molecule has 0 saturated heterocycles. The maximum absolute atomic E-state index is 11.7. The molecule has 0 aliphatic rings. The molecular formula is C13H12O4. The molecule has 2 rings (SSSR count). The van der Waals surface area contributed by atoms with Crippen molar-refractivity contribution >= 4 is 16.7 Å². The van der Waals surface area contributed by atoms with E-state index in [2.05, 4.69) is 4.74 Å². The molecule has 0 amide bonds. The van der Waals surface area contributed by atoms with Gasteiger partial charge in [0.2, 0.25) is 5.76 Å². The van der Waals surface area contributed by atoms with E-state index in [1.54, 1.807) is 12.1 Å². The van der Waals surface area contributed by atoms with Crippen LogP contribution in [0.5, 0.6) is 0 Å². The highest BCUT2D eigenvalue weighted by Crippen LogP contribution is 2.15. The van der Waals surface area contributed by atoms with Gasteiger partial charge in [0.1, 0.15) is 0 Å². The highest BCUT2D eigenvalue weighted by Gasteiger charge is 2.12. The second-order valence-electron chi connectivity index (χ2n) is 3.66. The van der Waals surface area contributed by atoms with Gasteiger partial charge in [-0.05, 0) is 29.5 Å². The standard InChI is InChI=1S/C13H12O4/c1-3-8-4-5-9-7-11(13(15)16-2)17-12(14)10(9)6-8/h4-7H,3H2,1-2H3. The van der Waals surface area contributed by atoms with Crippen molar-refractivity contribution in [1.29, 1.82) is 0 Å². The molecule has 0 saturated carbocycles. The number of benzene rings is 1. The van der Waals surface area contributed by atoms with Gasteiger partial charge in [0.05, 0.1) is 12.5 Å². The molecule has 0 bridgehead atoms. The van der Waals surface area contributed by atoms with E-state index in [0.717, 1.165) is 12.0 Å². The number of aryl methyl sites for hydroxylation is 1. The Morgan fingerprint density at radius 1 is 1.35 bits per heavy atom. The van der Waals surface area contributed by atoms with Gasteiger partial charge in [0.25, 0.3) is 0 Å². The molecule has 4 nitrogen and oxygen atoms in total. The van der Waals surface area contributed by atoms with Crippen molar-refractivity contribution in [3.8, 4) is 0 Å². The summed E-state index contributed by atoms with van der Waals surface area (Å²) in [5, 5.41) is 1.16. The number of carbonyl (C=O) groups is 1. The van der Waals surface area contributed by atoms with Gasteiger partial charge in [-0.3, -0.25) is 0 Å². The molecule has 1 aromatic carbocycles. The number of methoxy groups -OCH3 is 1. The average molecular weight is 232 g/mol. The van der Waals surface area contributed by atoms with Crippen LogP contribution in [0.25, 0.3) is 10.8 Å². The quantitative estimate of drug-likeness (QED) is 0.744. The number of fused-ring (bicyclic) bond motifs is 1. The van der Waals surface area contributed by atoms with E-state index in [9.17, 15) is 9.59 Å². The highest BCUT2D eigenvalue weighted by atomic mass is 16.5. The molecule has 2 aromatic rings. The molecule has 0 aliphatic heterocycles. The van der Waals surface area contributed by atoms with Crippen LogP contribution in [0.1, 0.15) is 23.0 Å². The number of rotatable bonds is 2. The first kappa shape index (κ1) is 11.4. The van der Waals surface area contributed by atoms with Crippen molar-refractivity contribution in [2.45, 2.75) is 13.3 Å². The lowest BCUT2D eigenvalue weighted by molar-refractivity contribution is 0.0560. The van der Waals surface area contributed by atoms with Crippen LogP contribution in [0.2, 0.25) is 0 Å². The number of hydrogen-bond acceptors (Lipinski definition) is 4. The highest BCUT2D eigenvalue weighted by molar-refractivity contribution is 5.91. The van der Waals surface area contributed by atoms with Crippen LogP contribution in [0.3, 0.4) is 0 Å². The summed E-state index contributed by atoms with van der Waals surface area (Å²) in [5.74, 6) is -0.724. The fourth-order valence-electron chi connectivity index (χ4n) is 1.65. The minimum absolute atomic E-state index is 0.0748. The smallest absolute Gasteiger partial charge is 0.374 e. The van der Waals surface area contributed by atoms with E-state index >= 15 is 0 Å². The van der Waals surface area contributed by atoms with Gasteiger partial charge in [-0.1, -0.05) is 19.1 Å². The molecule has 4 heteroatoms. The first-order valence-corrected chi connectivity index (χ1v) is 5.30. The third-order valence-corrected chi connectivity index (χ3v) is 2.62. The SMILES string of the molecule is CCc1ccc2cc(C(=O)OC)oc(=O)c2c1. The second-order valence-corrected chi connectivity index (χ2v) is 3.66. The third kappa shape index (κ3) is 2.06. The summed E-state index contributed by atoms with van der Waals surface area (Å²) in [6.45, 7) is 2.01. The van der Waals surface area contributed by atoms with E-state index in [1.165, 1.54) is 13.2 Å². The van der Waals surface area contributed by atoms with Crippen LogP contribution in [0.4, 0.5) is 0 Å². The topological polar surface area (TPSA) is 56.5 Å². The fraction of sp³-hybridized carbons (Fsp3) is 0.231. The van der Waals surface area contributed by atoms with Crippen LogP contribution in [-0.2, 0) is 11.2 Å². The van der Waals surface area contributed by atoms with Crippen molar-refractivity contribution in [2.75, 3.05) is 7.11 Å². The molecule has 0 aliphatic carbocycles. The Kier molecular flexibility index (Phi) is 2.95. The van der Waals surface area contributed by atoms with Crippen molar-refractivity contribution in [2.24, 2.45) is 0 Å². The number of ether oxygens (including phenoxy) is 1. The van der Waals surface area contributed by atoms with Crippen molar-refractivity contribution in [3.05, 3.63) is 46.0 Å². The van der Waals surface area contributed by atoms with Crippen LogP contribution in [0.15, 0.2) is 33.5 Å². The summed E-state index contributed by atoms with van der Waals surface area (Å²) in [5.41, 5.74) is 0.536. The Hall–Kier alpha value is -2.10. The Bertz CT molecular complexity index is 625. The Morgan fingerprint density at radius 2 is 2.12 bits per heavy atom. The summed E-state index contributed by atoms with van der Waals surface area (Å²) < 4.78 is 9.43. The summed E-state index contributed by atoms with van der Waals surface area (Å²) in [7, 11) is 1.24. The van der Waals surface area contributed by atoms with Crippen LogP contribution in [-0.4, -0.2) is 13.1 Å². The largest absolute Gasteiger partial charge is 0.463 e. The molecule has 0 atom stereocenters. The number of esters is 1. The first-order valence-electron chi connectivity index (χ1n) is 5.30. The lowest BCUT2D eigenvalue weighted by Crippen LogP contribution is -2.08. The molecular weight excluding hydrogens is 220 g/mol. The van der Waals surface area contributed by atoms with Gasteiger partial charge >= 0.3 is 11.6 Å². The van der Waals surface area contributed by atoms with Crippen LogP contribution < -0.4 is 5.63 Å². The Balaban J connectivity index is 2.68. The minimum atomic E-state index is -0.649. The summed E-state index contributed by atoms with van der Waals surface area (Å²) in [6.07, 6.45) is 0.841. The molecule has 0 unspecified atom stereocenters. The average Bonchev–Trinajstić information content (AvgIpc) is 2.37. The summed E-state index contributed by atoms with van der Waals surface area (Å²) in [4.78, 5) is 23.0. The van der Waals surface area contributed by atoms with Crippen LogP contribution in [0, 0.1) is 0 Å². The third-order valence-electron chi connectivity index (χ3n) is 2.62. The maximum atomic E-state index is 11.7. The van der Waals surface area contributed by atoms with Crippen LogP contribution >= 0.6 is 0 Å². The zero-order valence-electron chi connectivity index (χ0n) is 9.65. The predicted molar refractivity (Wildman–Crippen MR) is 63.2 cm³/mol. The molecule has 88 valence electrons. The van der Waals surface area contributed by atoms with Gasteiger partial charge in [0.15, 0.2) is 0 Å². The molecule has 17 heavy (non-hydrogen) atoms. The van der Waals surface area contributed by atoms with Gasteiger partial charge < -0.3 is 9.15 Å². The normalized spacial score (nSPS) is 10.5. The monoisotopic (exact) mass is 232 g/mol. The zero-order chi connectivity index (χ0) is 12.4. The van der Waals surface area contributed by atoms with Gasteiger partial charge in [0, 0.05) is 0 Å². The summed E-state index contributed by atoms with van der Waals surface area (Å²) in [6, 6.07) is 7.02.